The van der Waals surface area contributed by atoms with Crippen LogP contribution in [-0.4, -0.2) is 27.9 Å². The van der Waals surface area contributed by atoms with Crippen molar-refractivity contribution in [2.24, 2.45) is 0 Å². The Bertz CT molecular complexity index is 1210. The van der Waals surface area contributed by atoms with Crippen molar-refractivity contribution in [3.05, 3.63) is 56.2 Å². The summed E-state index contributed by atoms with van der Waals surface area (Å²) in [6.07, 6.45) is 5.35. The number of anilines is 1. The van der Waals surface area contributed by atoms with Crippen LogP contribution < -0.4 is 16.2 Å². The monoisotopic (exact) mass is 448 g/mol. The summed E-state index contributed by atoms with van der Waals surface area (Å²) >= 11 is 7.22. The Morgan fingerprint density at radius 1 is 1.23 bits per heavy atom. The highest BCUT2D eigenvalue weighted by molar-refractivity contribution is 7.18. The van der Waals surface area contributed by atoms with Crippen molar-refractivity contribution in [1.82, 2.24) is 14.9 Å². The Morgan fingerprint density at radius 2 is 2.03 bits per heavy atom. The molecule has 0 bridgehead atoms. The molecule has 0 atom stereocenters. The topological polar surface area (TPSA) is 93.1 Å². The molecule has 0 radical (unpaired) electrons. The van der Waals surface area contributed by atoms with Gasteiger partial charge >= 0.3 is 0 Å². The maximum atomic E-state index is 13.2. The third-order valence-corrected chi connectivity index (χ3v) is 6.39. The number of hydrogen-bond acceptors (Lipinski definition) is 5. The minimum atomic E-state index is -0.592. The molecule has 0 saturated carbocycles. The van der Waals surface area contributed by atoms with Crippen LogP contribution >= 0.6 is 22.9 Å². The number of amides is 2. The minimum Gasteiger partial charge on any atom is -0.345 e. The van der Waals surface area contributed by atoms with Crippen LogP contribution in [0.4, 0.5) is 10.1 Å². The van der Waals surface area contributed by atoms with Crippen molar-refractivity contribution >= 4 is 50.7 Å². The van der Waals surface area contributed by atoms with E-state index in [1.165, 1.54) is 27.9 Å². The lowest BCUT2D eigenvalue weighted by Crippen LogP contribution is -2.37. The first kappa shape index (κ1) is 20.5. The van der Waals surface area contributed by atoms with Crippen LogP contribution in [0.5, 0.6) is 0 Å². The second-order valence-electron chi connectivity index (χ2n) is 7.02. The van der Waals surface area contributed by atoms with Gasteiger partial charge < -0.3 is 10.6 Å². The molecule has 1 aliphatic carbocycles. The summed E-state index contributed by atoms with van der Waals surface area (Å²) in [5.74, 6) is -1.58. The van der Waals surface area contributed by atoms with E-state index >= 15 is 0 Å². The lowest BCUT2D eigenvalue weighted by molar-refractivity contribution is -0.124. The zero-order valence-electron chi connectivity index (χ0n) is 15.8. The smallest absolute Gasteiger partial charge is 0.262 e. The molecule has 2 heterocycles. The second-order valence-corrected chi connectivity index (χ2v) is 8.51. The fourth-order valence-electron chi connectivity index (χ4n) is 3.46. The lowest BCUT2D eigenvalue weighted by Gasteiger charge is -2.11. The lowest BCUT2D eigenvalue weighted by atomic mass is 9.97. The highest BCUT2D eigenvalue weighted by atomic mass is 35.5. The molecule has 7 nitrogen and oxygen atoms in total. The third kappa shape index (κ3) is 4.22. The summed E-state index contributed by atoms with van der Waals surface area (Å²) < 4.78 is 14.4. The van der Waals surface area contributed by atoms with Crippen molar-refractivity contribution in [1.29, 1.82) is 0 Å². The SMILES string of the molecule is O=C(Cn1cnc2sc3c(c2c1=O)CCCC3)NCC(=O)Nc1ccc(F)c(Cl)c1. The number of aryl methyl sites for hydroxylation is 2. The van der Waals surface area contributed by atoms with E-state index in [4.69, 9.17) is 11.6 Å². The van der Waals surface area contributed by atoms with E-state index in [1.807, 2.05) is 0 Å². The van der Waals surface area contributed by atoms with Gasteiger partial charge in [-0.3, -0.25) is 19.0 Å². The van der Waals surface area contributed by atoms with Gasteiger partial charge in [-0.05, 0) is 49.4 Å². The molecule has 0 aliphatic heterocycles. The molecule has 0 spiro atoms. The van der Waals surface area contributed by atoms with Gasteiger partial charge in [-0.1, -0.05) is 11.6 Å². The van der Waals surface area contributed by atoms with Crippen LogP contribution in [0.15, 0.2) is 29.3 Å². The van der Waals surface area contributed by atoms with Crippen molar-refractivity contribution in [3.8, 4) is 0 Å². The largest absolute Gasteiger partial charge is 0.345 e. The first-order chi connectivity index (χ1) is 14.4. The number of nitrogens with zero attached hydrogens (tertiary/aromatic N) is 2. The summed E-state index contributed by atoms with van der Waals surface area (Å²) in [6.45, 7) is -0.534. The van der Waals surface area contributed by atoms with Gasteiger partial charge in [0.2, 0.25) is 11.8 Å². The predicted molar refractivity (Wildman–Crippen MR) is 114 cm³/mol. The Balaban J connectivity index is 1.39. The van der Waals surface area contributed by atoms with E-state index in [2.05, 4.69) is 15.6 Å². The Morgan fingerprint density at radius 3 is 2.83 bits per heavy atom. The van der Waals surface area contributed by atoms with Crippen LogP contribution in [0, 0.1) is 5.82 Å². The number of halogens is 2. The number of carbonyl (C=O) groups excluding carboxylic acids is 2. The maximum Gasteiger partial charge on any atom is 0.262 e. The van der Waals surface area contributed by atoms with E-state index in [-0.39, 0.29) is 23.7 Å². The molecule has 3 aromatic rings. The third-order valence-electron chi connectivity index (χ3n) is 4.91. The fourth-order valence-corrected chi connectivity index (χ4v) is 4.86. The van der Waals surface area contributed by atoms with Crippen LogP contribution in [0.1, 0.15) is 23.3 Å². The normalized spacial score (nSPS) is 13.1. The van der Waals surface area contributed by atoms with Gasteiger partial charge in [-0.2, -0.15) is 0 Å². The van der Waals surface area contributed by atoms with Crippen LogP contribution in [0.3, 0.4) is 0 Å². The number of fused-ring (bicyclic) bond motifs is 3. The zero-order chi connectivity index (χ0) is 21.3. The van der Waals surface area contributed by atoms with Gasteiger partial charge in [0.25, 0.3) is 5.56 Å². The quantitative estimate of drug-likeness (QED) is 0.627. The second kappa shape index (κ2) is 8.53. The minimum absolute atomic E-state index is 0.116. The summed E-state index contributed by atoms with van der Waals surface area (Å²) in [6, 6.07) is 3.77. The summed E-state index contributed by atoms with van der Waals surface area (Å²) in [7, 11) is 0. The van der Waals surface area contributed by atoms with E-state index in [9.17, 15) is 18.8 Å². The molecule has 4 rings (SSSR count). The van der Waals surface area contributed by atoms with Gasteiger partial charge in [-0.15, -0.1) is 11.3 Å². The first-order valence-electron chi connectivity index (χ1n) is 9.43. The molecule has 1 aromatic carbocycles. The maximum absolute atomic E-state index is 13.2. The van der Waals surface area contributed by atoms with Crippen LogP contribution in [0.2, 0.25) is 5.02 Å². The number of rotatable bonds is 5. The average molecular weight is 449 g/mol. The Hall–Kier alpha value is -2.78. The number of nitrogens with one attached hydrogen (secondary N) is 2. The molecule has 2 N–H and O–H groups in total. The molecule has 0 saturated heterocycles. The first-order valence-corrected chi connectivity index (χ1v) is 10.6. The number of thiophene rings is 1. The highest BCUT2D eigenvalue weighted by Crippen LogP contribution is 2.33. The van der Waals surface area contributed by atoms with Crippen LogP contribution in [-0.2, 0) is 29.0 Å². The summed E-state index contributed by atoms with van der Waals surface area (Å²) in [5.41, 5.74) is 1.14. The van der Waals surface area contributed by atoms with Crippen molar-refractivity contribution in [2.75, 3.05) is 11.9 Å². The molecule has 10 heteroatoms. The zero-order valence-corrected chi connectivity index (χ0v) is 17.4. The molecule has 30 heavy (non-hydrogen) atoms. The van der Waals surface area contributed by atoms with Crippen molar-refractivity contribution in [2.45, 2.75) is 32.2 Å². The number of hydrogen-bond donors (Lipinski definition) is 2. The van der Waals surface area contributed by atoms with E-state index in [0.717, 1.165) is 37.3 Å². The van der Waals surface area contributed by atoms with E-state index in [0.29, 0.717) is 15.9 Å². The van der Waals surface area contributed by atoms with Crippen molar-refractivity contribution < 1.29 is 14.0 Å². The molecular weight excluding hydrogens is 431 g/mol. The summed E-state index contributed by atoms with van der Waals surface area (Å²) in [4.78, 5) is 43.4. The average Bonchev–Trinajstić information content (AvgIpc) is 3.11. The van der Waals surface area contributed by atoms with E-state index in [1.54, 1.807) is 11.3 Å². The molecule has 2 aromatic heterocycles. The number of aromatic nitrogens is 2. The van der Waals surface area contributed by atoms with Gasteiger partial charge in [0.1, 0.15) is 17.2 Å². The standard InChI is InChI=1S/C20H18ClFN4O3S/c21-13-7-11(5-6-14(13)22)25-16(27)8-23-17(28)9-26-10-24-19-18(20(26)29)12-3-1-2-4-15(12)30-19/h5-7,10H,1-4,8-9H2,(H,23,28)(H,25,27). The number of carbonyl (C=O) groups is 2. The van der Waals surface area contributed by atoms with Gasteiger partial charge in [-0.25, -0.2) is 9.37 Å². The fraction of sp³-hybridized carbons (Fsp3) is 0.300. The molecule has 0 unspecified atom stereocenters. The molecule has 0 fully saturated rings. The Kier molecular flexibility index (Phi) is 5.83. The van der Waals surface area contributed by atoms with E-state index < -0.39 is 17.6 Å². The number of benzene rings is 1. The van der Waals surface area contributed by atoms with Crippen molar-refractivity contribution in [3.63, 3.8) is 0 Å². The van der Waals surface area contributed by atoms with Gasteiger partial charge in [0.05, 0.1) is 23.3 Å². The molecular formula is C20H18ClFN4O3S. The van der Waals surface area contributed by atoms with Gasteiger partial charge in [0, 0.05) is 10.6 Å². The van der Waals surface area contributed by atoms with Crippen LogP contribution in [0.25, 0.3) is 10.2 Å². The molecule has 2 amide bonds. The van der Waals surface area contributed by atoms with Gasteiger partial charge in [0.15, 0.2) is 0 Å². The molecule has 156 valence electrons. The summed E-state index contributed by atoms with van der Waals surface area (Å²) in [5, 5.41) is 5.47. The predicted octanol–water partition coefficient (Wildman–Crippen LogP) is 2.88. The molecule has 1 aliphatic rings. The highest BCUT2D eigenvalue weighted by Gasteiger charge is 2.20. The Labute approximate surface area is 179 Å².